The van der Waals surface area contributed by atoms with Crippen molar-refractivity contribution in [3.05, 3.63) is 56.9 Å². The van der Waals surface area contributed by atoms with Crippen molar-refractivity contribution in [2.45, 2.75) is 13.0 Å². The molecule has 9 heteroatoms. The van der Waals surface area contributed by atoms with Crippen LogP contribution in [-0.4, -0.2) is 22.2 Å². The number of hydrogen-bond acceptors (Lipinski definition) is 6. The van der Waals surface area contributed by atoms with Crippen LogP contribution in [0.5, 0.6) is 11.5 Å². The van der Waals surface area contributed by atoms with Gasteiger partial charge in [-0.25, -0.2) is 0 Å². The van der Waals surface area contributed by atoms with Crippen molar-refractivity contribution in [1.82, 2.24) is 4.57 Å². The maximum atomic E-state index is 12.5. The highest BCUT2D eigenvalue weighted by Gasteiger charge is 2.15. The lowest BCUT2D eigenvalue weighted by molar-refractivity contribution is -0.384. The molecule has 0 saturated carbocycles. The minimum atomic E-state index is -0.466. The number of carbonyl (C=O) groups is 1. The minimum Gasteiger partial charge on any atom is -0.454 e. The molecule has 1 aliphatic heterocycles. The SMILES string of the molecule is C#CCn1c(=NC(=O)Cc2ccc3c(c2)OCO3)sc2cc([N+](=O)[O-])ccc21. The number of benzene rings is 2. The first kappa shape index (κ1) is 17.8. The van der Waals surface area contributed by atoms with Gasteiger partial charge in [0.2, 0.25) is 6.79 Å². The van der Waals surface area contributed by atoms with Crippen LogP contribution in [0.1, 0.15) is 5.56 Å². The van der Waals surface area contributed by atoms with Crippen molar-refractivity contribution >= 4 is 33.1 Å². The molecule has 0 saturated heterocycles. The van der Waals surface area contributed by atoms with Crippen LogP contribution in [0.3, 0.4) is 0 Å². The van der Waals surface area contributed by atoms with E-state index in [2.05, 4.69) is 10.9 Å². The smallest absolute Gasteiger partial charge is 0.270 e. The highest BCUT2D eigenvalue weighted by molar-refractivity contribution is 7.16. The number of fused-ring (bicyclic) bond motifs is 2. The van der Waals surface area contributed by atoms with Gasteiger partial charge in [-0.05, 0) is 23.8 Å². The Morgan fingerprint density at radius 3 is 2.89 bits per heavy atom. The predicted molar refractivity (Wildman–Crippen MR) is 102 cm³/mol. The topological polar surface area (TPSA) is 96.0 Å². The van der Waals surface area contributed by atoms with E-state index in [9.17, 15) is 14.9 Å². The molecule has 2 heterocycles. The zero-order chi connectivity index (χ0) is 19.7. The van der Waals surface area contributed by atoms with Gasteiger partial charge < -0.3 is 14.0 Å². The van der Waals surface area contributed by atoms with E-state index in [0.717, 1.165) is 5.56 Å². The third-order valence-electron chi connectivity index (χ3n) is 4.14. The van der Waals surface area contributed by atoms with Crippen LogP contribution < -0.4 is 14.3 Å². The lowest BCUT2D eigenvalue weighted by atomic mass is 10.1. The van der Waals surface area contributed by atoms with E-state index in [0.29, 0.717) is 26.5 Å². The molecule has 28 heavy (non-hydrogen) atoms. The summed E-state index contributed by atoms with van der Waals surface area (Å²) >= 11 is 1.19. The van der Waals surface area contributed by atoms with Crippen molar-refractivity contribution in [3.8, 4) is 23.8 Å². The predicted octanol–water partition coefficient (Wildman–Crippen LogP) is 2.64. The zero-order valence-electron chi connectivity index (χ0n) is 14.5. The lowest BCUT2D eigenvalue weighted by Crippen LogP contribution is -2.17. The quantitative estimate of drug-likeness (QED) is 0.384. The molecule has 0 atom stereocenters. The van der Waals surface area contributed by atoms with E-state index in [1.54, 1.807) is 28.8 Å². The van der Waals surface area contributed by atoms with Crippen LogP contribution >= 0.6 is 11.3 Å². The first-order chi connectivity index (χ1) is 13.5. The van der Waals surface area contributed by atoms with Crippen LogP contribution in [0.15, 0.2) is 41.4 Å². The van der Waals surface area contributed by atoms with Gasteiger partial charge in [-0.1, -0.05) is 23.3 Å². The van der Waals surface area contributed by atoms with Crippen LogP contribution in [0, 0.1) is 22.5 Å². The van der Waals surface area contributed by atoms with Crippen LogP contribution in [0.4, 0.5) is 5.69 Å². The van der Waals surface area contributed by atoms with E-state index in [-0.39, 0.29) is 31.4 Å². The van der Waals surface area contributed by atoms with Gasteiger partial charge in [-0.2, -0.15) is 4.99 Å². The molecule has 0 fully saturated rings. The second-order valence-corrected chi connectivity index (χ2v) is 6.96. The third-order valence-corrected chi connectivity index (χ3v) is 5.18. The summed E-state index contributed by atoms with van der Waals surface area (Å²) in [5.41, 5.74) is 1.42. The maximum absolute atomic E-state index is 12.5. The second kappa shape index (κ2) is 7.17. The number of non-ortho nitro benzene ring substituents is 1. The van der Waals surface area contributed by atoms with Crippen LogP contribution in [0.2, 0.25) is 0 Å². The van der Waals surface area contributed by atoms with Gasteiger partial charge in [0.05, 0.1) is 28.1 Å². The maximum Gasteiger partial charge on any atom is 0.270 e. The lowest BCUT2D eigenvalue weighted by Gasteiger charge is -2.01. The van der Waals surface area contributed by atoms with Gasteiger partial charge >= 0.3 is 0 Å². The van der Waals surface area contributed by atoms with Gasteiger partial charge in [0.1, 0.15) is 0 Å². The fourth-order valence-electron chi connectivity index (χ4n) is 2.88. The number of carbonyl (C=O) groups excluding carboxylic acids is 1. The fourth-order valence-corrected chi connectivity index (χ4v) is 3.96. The molecule has 1 amide bonds. The molecule has 0 unspecified atom stereocenters. The Labute approximate surface area is 162 Å². The highest BCUT2D eigenvalue weighted by atomic mass is 32.1. The summed E-state index contributed by atoms with van der Waals surface area (Å²) in [4.78, 5) is 27.6. The Hall–Kier alpha value is -3.64. The molecule has 3 aromatic rings. The van der Waals surface area contributed by atoms with Crippen LogP contribution in [0.25, 0.3) is 10.2 Å². The Balaban J connectivity index is 1.69. The Morgan fingerprint density at radius 2 is 2.11 bits per heavy atom. The summed E-state index contributed by atoms with van der Waals surface area (Å²) in [5.74, 6) is 3.41. The van der Waals surface area contributed by atoms with Crippen molar-refractivity contribution < 1.29 is 19.2 Å². The molecule has 8 nitrogen and oxygen atoms in total. The van der Waals surface area contributed by atoms with Gasteiger partial charge in [0.15, 0.2) is 16.3 Å². The highest BCUT2D eigenvalue weighted by Crippen LogP contribution is 2.32. The molecule has 1 aromatic heterocycles. The molecule has 0 bridgehead atoms. The number of terminal acetylenes is 1. The zero-order valence-corrected chi connectivity index (χ0v) is 15.3. The fraction of sp³-hybridized carbons (Fsp3) is 0.158. The standard InChI is InChI=1S/C19H13N3O5S/c1-2-7-21-14-5-4-13(22(24)25)10-17(14)28-19(21)20-18(23)9-12-3-6-15-16(8-12)27-11-26-15/h1,3-6,8,10H,7,9,11H2. The number of aromatic nitrogens is 1. The summed E-state index contributed by atoms with van der Waals surface area (Å²) in [5, 5.41) is 11.0. The number of rotatable bonds is 4. The van der Waals surface area contributed by atoms with Crippen molar-refractivity contribution in [1.29, 1.82) is 0 Å². The molecule has 1 aliphatic rings. The normalized spacial score (nSPS) is 12.9. The number of amides is 1. The molecule has 4 rings (SSSR count). The number of hydrogen-bond donors (Lipinski definition) is 0. The summed E-state index contributed by atoms with van der Waals surface area (Å²) in [6, 6.07) is 9.75. The van der Waals surface area contributed by atoms with Crippen LogP contribution in [-0.2, 0) is 17.8 Å². The molecular weight excluding hydrogens is 382 g/mol. The van der Waals surface area contributed by atoms with Crippen molar-refractivity contribution in [2.24, 2.45) is 4.99 Å². The monoisotopic (exact) mass is 395 g/mol. The van der Waals surface area contributed by atoms with E-state index < -0.39 is 4.92 Å². The van der Waals surface area contributed by atoms with E-state index in [4.69, 9.17) is 15.9 Å². The summed E-state index contributed by atoms with van der Waals surface area (Å²) < 4.78 is 12.9. The number of thiazole rings is 1. The minimum absolute atomic E-state index is 0.0279. The van der Waals surface area contributed by atoms with Gasteiger partial charge in [0.25, 0.3) is 11.6 Å². The molecule has 0 aliphatic carbocycles. The third kappa shape index (κ3) is 3.33. The summed E-state index contributed by atoms with van der Waals surface area (Å²) in [6.45, 7) is 0.366. The van der Waals surface area contributed by atoms with Crippen molar-refractivity contribution in [3.63, 3.8) is 0 Å². The van der Waals surface area contributed by atoms with Gasteiger partial charge in [-0.3, -0.25) is 14.9 Å². The molecular formula is C19H13N3O5S. The number of ether oxygens (including phenoxy) is 2. The van der Waals surface area contributed by atoms with Gasteiger partial charge in [0, 0.05) is 12.1 Å². The second-order valence-electron chi connectivity index (χ2n) is 5.95. The van der Waals surface area contributed by atoms with E-state index >= 15 is 0 Å². The summed E-state index contributed by atoms with van der Waals surface area (Å²) in [7, 11) is 0. The Bertz CT molecular complexity index is 1220. The Kier molecular flexibility index (Phi) is 4.55. The molecule has 0 N–H and O–H groups in total. The Morgan fingerprint density at radius 1 is 1.29 bits per heavy atom. The number of nitro benzene ring substituents is 1. The number of nitro groups is 1. The molecule has 0 spiro atoms. The largest absolute Gasteiger partial charge is 0.454 e. The average molecular weight is 395 g/mol. The molecule has 0 radical (unpaired) electrons. The van der Waals surface area contributed by atoms with E-state index in [1.807, 2.05) is 0 Å². The molecule has 2 aromatic carbocycles. The first-order valence-corrected chi connectivity index (χ1v) is 9.04. The average Bonchev–Trinajstić information content (AvgIpc) is 3.26. The van der Waals surface area contributed by atoms with Crippen molar-refractivity contribution in [2.75, 3.05) is 6.79 Å². The number of nitrogens with zero attached hydrogens (tertiary/aromatic N) is 3. The summed E-state index contributed by atoms with van der Waals surface area (Å²) in [6.07, 6.45) is 5.52. The van der Waals surface area contributed by atoms with E-state index in [1.165, 1.54) is 23.5 Å². The van der Waals surface area contributed by atoms with Gasteiger partial charge in [-0.15, -0.1) is 6.42 Å². The molecule has 140 valence electrons. The first-order valence-electron chi connectivity index (χ1n) is 8.22.